The van der Waals surface area contributed by atoms with Crippen molar-refractivity contribution in [1.29, 1.82) is 0 Å². The molecular formula is C12H19N3O2. The predicted octanol–water partition coefficient (Wildman–Crippen LogP) is 0.558. The second-order valence-corrected chi connectivity index (χ2v) is 4.50. The number of morpholine rings is 1. The number of nitrogen functional groups attached to an aromatic ring is 1. The molecule has 3 N–H and O–H groups in total. The molecule has 0 spiro atoms. The van der Waals surface area contributed by atoms with Crippen LogP contribution in [0.15, 0.2) is 12.1 Å². The first-order valence-electron chi connectivity index (χ1n) is 5.84. The molecule has 0 radical (unpaired) electrons. The maximum absolute atomic E-state index is 9.16. The summed E-state index contributed by atoms with van der Waals surface area (Å²) in [6.45, 7) is 5.24. The van der Waals surface area contributed by atoms with Crippen molar-refractivity contribution in [3.05, 3.63) is 17.8 Å². The summed E-state index contributed by atoms with van der Waals surface area (Å²) in [7, 11) is 0. The van der Waals surface area contributed by atoms with Gasteiger partial charge in [0.25, 0.3) is 0 Å². The molecule has 5 nitrogen and oxygen atoms in total. The number of hydrogen-bond acceptors (Lipinski definition) is 5. The minimum atomic E-state index is -0.159. The summed E-state index contributed by atoms with van der Waals surface area (Å²) in [5.74, 6) is 0.791. The van der Waals surface area contributed by atoms with Crippen LogP contribution in [0.3, 0.4) is 0 Å². The third-order valence-corrected chi connectivity index (χ3v) is 3.03. The van der Waals surface area contributed by atoms with E-state index in [1.165, 1.54) is 0 Å². The summed E-state index contributed by atoms with van der Waals surface area (Å²) < 4.78 is 5.50. The van der Waals surface area contributed by atoms with Crippen molar-refractivity contribution in [3.8, 4) is 0 Å². The average molecular weight is 237 g/mol. The fourth-order valence-electron chi connectivity index (χ4n) is 2.01. The van der Waals surface area contributed by atoms with Crippen LogP contribution in [0, 0.1) is 6.92 Å². The molecule has 17 heavy (non-hydrogen) atoms. The molecule has 2 unspecified atom stereocenters. The van der Waals surface area contributed by atoms with Crippen molar-refractivity contribution in [3.63, 3.8) is 0 Å². The van der Waals surface area contributed by atoms with Crippen molar-refractivity contribution in [1.82, 2.24) is 4.98 Å². The summed E-state index contributed by atoms with van der Waals surface area (Å²) in [6, 6.07) is 3.98. The first-order chi connectivity index (χ1) is 8.11. The fraction of sp³-hybridized carbons (Fsp3) is 0.583. The maximum Gasteiger partial charge on any atom is 0.152 e. The number of rotatable bonds is 2. The molecule has 1 aromatic heterocycles. The van der Waals surface area contributed by atoms with Gasteiger partial charge in [0.15, 0.2) is 5.82 Å². The molecule has 0 bridgehead atoms. The Labute approximate surface area is 101 Å². The van der Waals surface area contributed by atoms with E-state index < -0.39 is 0 Å². The summed E-state index contributed by atoms with van der Waals surface area (Å²) in [5, 5.41) is 9.16. The van der Waals surface area contributed by atoms with E-state index in [-0.39, 0.29) is 18.8 Å². The van der Waals surface area contributed by atoms with Gasteiger partial charge in [-0.25, -0.2) is 4.98 Å². The number of aliphatic hydroxyl groups is 1. The van der Waals surface area contributed by atoms with Gasteiger partial charge in [0.1, 0.15) is 0 Å². The van der Waals surface area contributed by atoms with Crippen LogP contribution in [0.25, 0.3) is 0 Å². The molecule has 0 amide bonds. The number of aromatic nitrogens is 1. The smallest absolute Gasteiger partial charge is 0.152 e. The van der Waals surface area contributed by atoms with Crippen LogP contribution in [0.4, 0.5) is 11.5 Å². The monoisotopic (exact) mass is 237 g/mol. The molecule has 2 rings (SSSR count). The van der Waals surface area contributed by atoms with Crippen LogP contribution in [-0.2, 0) is 4.74 Å². The topological polar surface area (TPSA) is 71.6 Å². The lowest BCUT2D eigenvalue weighted by Gasteiger charge is -2.38. The highest BCUT2D eigenvalue weighted by Gasteiger charge is 2.27. The standard InChI is InChI=1S/C12H19N3O2/c1-8-3-4-11(13)12(14-8)15-5-10(6-16)17-7-9(15)2/h3-4,9-10,16H,5-7,13H2,1-2H3. The molecule has 1 aromatic rings. The lowest BCUT2D eigenvalue weighted by molar-refractivity contribution is -0.0105. The van der Waals surface area contributed by atoms with E-state index >= 15 is 0 Å². The Morgan fingerprint density at radius 2 is 2.35 bits per heavy atom. The summed E-state index contributed by atoms with van der Waals surface area (Å²) in [4.78, 5) is 6.58. The number of nitrogens with zero attached hydrogens (tertiary/aromatic N) is 2. The van der Waals surface area contributed by atoms with Crippen LogP contribution in [0.5, 0.6) is 0 Å². The minimum Gasteiger partial charge on any atom is -0.396 e. The van der Waals surface area contributed by atoms with Gasteiger partial charge in [-0.1, -0.05) is 0 Å². The molecule has 1 aliphatic heterocycles. The van der Waals surface area contributed by atoms with Gasteiger partial charge in [0.05, 0.1) is 31.0 Å². The Balaban J connectivity index is 2.27. The Bertz CT molecular complexity index is 397. The molecular weight excluding hydrogens is 218 g/mol. The van der Waals surface area contributed by atoms with Crippen LogP contribution >= 0.6 is 0 Å². The van der Waals surface area contributed by atoms with E-state index in [1.807, 2.05) is 19.1 Å². The van der Waals surface area contributed by atoms with Gasteiger partial charge in [-0.2, -0.15) is 0 Å². The zero-order chi connectivity index (χ0) is 12.4. The van der Waals surface area contributed by atoms with Gasteiger partial charge in [0.2, 0.25) is 0 Å². The highest BCUT2D eigenvalue weighted by molar-refractivity contribution is 5.63. The zero-order valence-electron chi connectivity index (χ0n) is 10.3. The van der Waals surface area contributed by atoms with Crippen LogP contribution in [0.2, 0.25) is 0 Å². The molecule has 5 heteroatoms. The van der Waals surface area contributed by atoms with Crippen LogP contribution in [-0.4, -0.2) is 42.0 Å². The Morgan fingerprint density at radius 1 is 1.59 bits per heavy atom. The number of aryl methyl sites for hydroxylation is 1. The van der Waals surface area contributed by atoms with E-state index in [2.05, 4.69) is 16.8 Å². The van der Waals surface area contributed by atoms with Gasteiger partial charge < -0.3 is 20.5 Å². The third kappa shape index (κ3) is 2.50. The van der Waals surface area contributed by atoms with Crippen LogP contribution in [0.1, 0.15) is 12.6 Å². The second kappa shape index (κ2) is 4.89. The highest BCUT2D eigenvalue weighted by Crippen LogP contribution is 2.25. The Morgan fingerprint density at radius 3 is 3.06 bits per heavy atom. The number of pyridine rings is 1. The normalized spacial score (nSPS) is 25.0. The number of hydrogen-bond donors (Lipinski definition) is 2. The summed E-state index contributed by atoms with van der Waals surface area (Å²) in [5.41, 5.74) is 7.57. The molecule has 1 saturated heterocycles. The first kappa shape index (κ1) is 12.1. The van der Waals surface area contributed by atoms with E-state index in [0.29, 0.717) is 18.8 Å². The van der Waals surface area contributed by atoms with Crippen molar-refractivity contribution >= 4 is 11.5 Å². The van der Waals surface area contributed by atoms with Gasteiger partial charge in [0, 0.05) is 12.2 Å². The van der Waals surface area contributed by atoms with E-state index in [4.69, 9.17) is 15.6 Å². The lowest BCUT2D eigenvalue weighted by atomic mass is 10.2. The molecule has 2 atom stereocenters. The Kier molecular flexibility index (Phi) is 3.49. The van der Waals surface area contributed by atoms with E-state index in [9.17, 15) is 0 Å². The molecule has 2 heterocycles. The molecule has 1 aliphatic rings. The molecule has 94 valence electrons. The van der Waals surface area contributed by atoms with Gasteiger partial charge in [-0.3, -0.25) is 0 Å². The number of nitrogens with two attached hydrogens (primary N) is 1. The van der Waals surface area contributed by atoms with Crippen molar-refractivity contribution < 1.29 is 9.84 Å². The largest absolute Gasteiger partial charge is 0.396 e. The van der Waals surface area contributed by atoms with Gasteiger partial charge in [-0.05, 0) is 26.0 Å². The van der Waals surface area contributed by atoms with Gasteiger partial charge >= 0.3 is 0 Å². The summed E-state index contributed by atoms with van der Waals surface area (Å²) in [6.07, 6.45) is -0.159. The molecule has 0 aliphatic carbocycles. The van der Waals surface area contributed by atoms with Gasteiger partial charge in [-0.15, -0.1) is 0 Å². The second-order valence-electron chi connectivity index (χ2n) is 4.50. The van der Waals surface area contributed by atoms with Crippen molar-refractivity contribution in [2.45, 2.75) is 26.0 Å². The first-order valence-corrected chi connectivity index (χ1v) is 5.84. The minimum absolute atomic E-state index is 0.0228. The number of ether oxygens (including phenoxy) is 1. The maximum atomic E-state index is 9.16. The Hall–Kier alpha value is -1.33. The number of aliphatic hydroxyl groups excluding tert-OH is 1. The quantitative estimate of drug-likeness (QED) is 0.786. The van der Waals surface area contributed by atoms with E-state index in [1.54, 1.807) is 0 Å². The lowest BCUT2D eigenvalue weighted by Crippen LogP contribution is -2.50. The molecule has 0 aromatic carbocycles. The van der Waals surface area contributed by atoms with Crippen molar-refractivity contribution in [2.75, 3.05) is 30.4 Å². The summed E-state index contributed by atoms with van der Waals surface area (Å²) >= 11 is 0. The zero-order valence-corrected chi connectivity index (χ0v) is 10.3. The van der Waals surface area contributed by atoms with Crippen molar-refractivity contribution in [2.24, 2.45) is 0 Å². The highest BCUT2D eigenvalue weighted by atomic mass is 16.5. The predicted molar refractivity (Wildman–Crippen MR) is 67.0 cm³/mol. The molecule has 0 saturated carbocycles. The number of anilines is 2. The average Bonchev–Trinajstić information content (AvgIpc) is 2.33. The molecule has 1 fully saturated rings. The van der Waals surface area contributed by atoms with E-state index in [0.717, 1.165) is 11.5 Å². The fourth-order valence-corrected chi connectivity index (χ4v) is 2.01. The SMILES string of the molecule is Cc1ccc(N)c(N2CC(CO)OCC2C)n1. The van der Waals surface area contributed by atoms with Crippen LogP contribution < -0.4 is 10.6 Å². The third-order valence-electron chi connectivity index (χ3n) is 3.03.